The van der Waals surface area contributed by atoms with E-state index in [1.54, 1.807) is 13.1 Å². The van der Waals surface area contributed by atoms with Gasteiger partial charge in [0.05, 0.1) is 0 Å². The molecule has 2 heteroatoms. The van der Waals surface area contributed by atoms with E-state index in [4.69, 9.17) is 0 Å². The van der Waals surface area contributed by atoms with Crippen molar-refractivity contribution in [3.63, 3.8) is 0 Å². The number of allylic oxidation sites excluding steroid dienone is 1. The lowest BCUT2D eigenvalue weighted by Crippen LogP contribution is -1.26. The summed E-state index contributed by atoms with van der Waals surface area (Å²) in [5, 5.41) is 0. The van der Waals surface area contributed by atoms with E-state index in [1.165, 1.54) is 0 Å². The van der Waals surface area contributed by atoms with Crippen LogP contribution >= 0.6 is 12.2 Å². The maximum atomic E-state index is 3.83. The van der Waals surface area contributed by atoms with E-state index in [9.17, 15) is 0 Å². The summed E-state index contributed by atoms with van der Waals surface area (Å²) in [4.78, 5) is 3.25. The molecule has 0 bridgehead atoms. The van der Waals surface area contributed by atoms with Crippen LogP contribution in [0.1, 0.15) is 48.5 Å². The molecular weight excluding hydrogens is 190 g/mol. The predicted octanol–water partition coefficient (Wildman–Crippen LogP) is 5.20. The van der Waals surface area contributed by atoms with Crippen molar-refractivity contribution >= 4 is 24.8 Å². The summed E-state index contributed by atoms with van der Waals surface area (Å²) in [6.45, 7) is 20.4. The van der Waals surface area contributed by atoms with E-state index in [1.807, 2.05) is 48.5 Å². The van der Waals surface area contributed by atoms with Gasteiger partial charge in [-0.05, 0) is 19.5 Å². The molecule has 90 valence electrons. The maximum absolute atomic E-state index is 3.83. The van der Waals surface area contributed by atoms with Gasteiger partial charge in [-0.1, -0.05) is 59.8 Å². The van der Waals surface area contributed by atoms with Gasteiger partial charge in [0.1, 0.15) is 0 Å². The number of hydrogen-bond donors (Lipinski definition) is 0. The zero-order valence-electron chi connectivity index (χ0n) is 11.6. The third-order valence-electron chi connectivity index (χ3n) is 0. The summed E-state index contributed by atoms with van der Waals surface area (Å²) in [5.41, 5.74) is 0. The molecule has 0 atom stereocenters. The molecular formula is C12H31NS. The molecule has 0 aliphatic rings. The van der Waals surface area contributed by atoms with Crippen molar-refractivity contribution < 1.29 is 0 Å². The second-order valence-corrected chi connectivity index (χ2v) is 0.724. The van der Waals surface area contributed by atoms with Gasteiger partial charge >= 0.3 is 0 Å². The van der Waals surface area contributed by atoms with Crippen LogP contribution in [0.15, 0.2) is 17.6 Å². The molecule has 0 saturated carbocycles. The van der Waals surface area contributed by atoms with Crippen LogP contribution in [-0.2, 0) is 0 Å². The third kappa shape index (κ3) is 5070. The third-order valence-corrected chi connectivity index (χ3v) is 0. The lowest BCUT2D eigenvalue weighted by Gasteiger charge is -1.38. The zero-order valence-corrected chi connectivity index (χ0v) is 12.4. The van der Waals surface area contributed by atoms with Crippen LogP contribution in [0.25, 0.3) is 0 Å². The molecule has 0 heterocycles. The van der Waals surface area contributed by atoms with Crippen LogP contribution < -0.4 is 0 Å². The van der Waals surface area contributed by atoms with Gasteiger partial charge in [-0.2, -0.15) is 0 Å². The van der Waals surface area contributed by atoms with E-state index < -0.39 is 0 Å². The minimum atomic E-state index is 1.64. The molecule has 0 amide bonds. The van der Waals surface area contributed by atoms with Gasteiger partial charge in [0.2, 0.25) is 0 Å². The molecule has 0 aromatic carbocycles. The normalized spacial score (nSPS) is 3.43. The summed E-state index contributed by atoms with van der Waals surface area (Å²) in [5.74, 6) is 2.83. The van der Waals surface area contributed by atoms with Crippen molar-refractivity contribution in [3.8, 4) is 0 Å². The van der Waals surface area contributed by atoms with Crippen LogP contribution in [0.4, 0.5) is 0 Å². The molecule has 0 N–H and O–H groups in total. The lowest BCUT2D eigenvalue weighted by molar-refractivity contribution is 1.49. The van der Waals surface area contributed by atoms with Crippen molar-refractivity contribution in [2.24, 2.45) is 4.99 Å². The Bertz CT molecular complexity index is 39.6. The Morgan fingerprint density at radius 2 is 0.929 bits per heavy atom. The first-order chi connectivity index (χ1) is 6.83. The predicted molar refractivity (Wildman–Crippen MR) is 80.1 cm³/mol. The Balaban J connectivity index is -0.0000000139. The number of hydrogen-bond acceptors (Lipinski definition) is 2. The molecule has 0 aromatic rings. The molecule has 0 aliphatic heterocycles. The Kier molecular flexibility index (Phi) is 1970. The van der Waals surface area contributed by atoms with Crippen molar-refractivity contribution in [1.29, 1.82) is 0 Å². The maximum Gasteiger partial charge on any atom is 0.0269 e. The molecule has 0 saturated heterocycles. The van der Waals surface area contributed by atoms with Crippen LogP contribution in [0.3, 0.4) is 0 Å². The molecule has 1 nitrogen and oxygen atoms in total. The first kappa shape index (κ1) is 37.5. The van der Waals surface area contributed by atoms with E-state index >= 15 is 0 Å². The van der Waals surface area contributed by atoms with E-state index in [0.29, 0.717) is 0 Å². The monoisotopic (exact) mass is 221 g/mol. The zero-order chi connectivity index (χ0) is 13.4. The fourth-order valence-electron chi connectivity index (χ4n) is 0. The van der Waals surface area contributed by atoms with Gasteiger partial charge in [0.25, 0.3) is 0 Å². The largest absolute Gasteiger partial charge is 0.304 e. The highest BCUT2D eigenvalue weighted by atomic mass is 32.1. The number of nitrogens with zero attached hydrogens (tertiary/aromatic N) is 1. The standard InChI is InChI=1S/C3H6.C2H5N.3C2H6.CH2S/c2*1-3-2;4*1-2/h3H,1H2,2H3;1H2,2H3;3*1-2H3;1H2. The average Bonchev–Trinajstić information content (AvgIpc) is 2.31. The second kappa shape index (κ2) is 735. The minimum Gasteiger partial charge on any atom is -0.304 e. The second-order valence-electron chi connectivity index (χ2n) is 0.724. The number of thiocarbonyl (C=S) groups is 1. The van der Waals surface area contributed by atoms with Gasteiger partial charge in [-0.3, -0.25) is 0 Å². The fourth-order valence-corrected chi connectivity index (χ4v) is 0. The van der Waals surface area contributed by atoms with E-state index in [-0.39, 0.29) is 0 Å². The van der Waals surface area contributed by atoms with Crippen molar-refractivity contribution in [2.45, 2.75) is 48.5 Å². The summed E-state index contributed by atoms with van der Waals surface area (Å²) in [7, 11) is 1.64. The summed E-state index contributed by atoms with van der Waals surface area (Å²) >= 11 is 3.83. The summed E-state index contributed by atoms with van der Waals surface area (Å²) in [6.07, 6.45) is 1.75. The Morgan fingerprint density at radius 3 is 0.929 bits per heavy atom. The van der Waals surface area contributed by atoms with Crippen molar-refractivity contribution in [2.75, 3.05) is 7.05 Å². The molecule has 0 aliphatic carbocycles. The van der Waals surface area contributed by atoms with Gasteiger partial charge in [0.15, 0.2) is 0 Å². The van der Waals surface area contributed by atoms with Crippen LogP contribution in [0.2, 0.25) is 0 Å². The number of rotatable bonds is 0. The average molecular weight is 221 g/mol. The Hall–Kier alpha value is -0.500. The van der Waals surface area contributed by atoms with Crippen LogP contribution in [-0.4, -0.2) is 19.6 Å². The highest BCUT2D eigenvalue weighted by molar-refractivity contribution is 7.77. The smallest absolute Gasteiger partial charge is 0.0269 e. The summed E-state index contributed by atoms with van der Waals surface area (Å²) < 4.78 is 0. The van der Waals surface area contributed by atoms with Gasteiger partial charge in [0, 0.05) is 7.05 Å². The fraction of sp³-hybridized carbons (Fsp3) is 0.667. The van der Waals surface area contributed by atoms with Crippen molar-refractivity contribution in [1.82, 2.24) is 0 Å². The SMILES string of the molecule is C=CC.C=NC.C=S.CC.CC.CC. The Morgan fingerprint density at radius 1 is 0.929 bits per heavy atom. The molecule has 0 radical (unpaired) electrons. The van der Waals surface area contributed by atoms with E-state index in [0.717, 1.165) is 0 Å². The summed E-state index contributed by atoms with van der Waals surface area (Å²) in [6, 6.07) is 0. The lowest BCUT2D eigenvalue weighted by atomic mass is 10.8. The van der Waals surface area contributed by atoms with Gasteiger partial charge < -0.3 is 4.99 Å². The first-order valence-electron chi connectivity index (χ1n) is 5.04. The number of aliphatic imine (C=N–C) groups is 1. The van der Waals surface area contributed by atoms with E-state index in [2.05, 4.69) is 36.4 Å². The molecule has 0 aromatic heterocycles. The quantitative estimate of drug-likeness (QED) is 0.311. The van der Waals surface area contributed by atoms with Gasteiger partial charge in [-0.25, -0.2) is 0 Å². The minimum absolute atomic E-state index is 1.64. The molecule has 14 heavy (non-hydrogen) atoms. The van der Waals surface area contributed by atoms with Gasteiger partial charge in [-0.15, -0.1) is 6.58 Å². The topological polar surface area (TPSA) is 12.4 Å². The molecule has 0 rings (SSSR count). The molecule has 0 fully saturated rings. The van der Waals surface area contributed by atoms with Crippen LogP contribution in [0.5, 0.6) is 0 Å². The first-order valence-corrected chi connectivity index (χ1v) is 5.62. The highest BCUT2D eigenvalue weighted by Gasteiger charge is 1.15. The highest BCUT2D eigenvalue weighted by Crippen LogP contribution is 1.38. The Labute approximate surface area is 98.3 Å². The van der Waals surface area contributed by atoms with Crippen molar-refractivity contribution in [3.05, 3.63) is 12.7 Å². The molecule has 0 unspecified atom stereocenters. The molecule has 0 spiro atoms. The van der Waals surface area contributed by atoms with Crippen LogP contribution in [0, 0.1) is 0 Å².